The molecule has 7 nitrogen and oxygen atoms in total. The first kappa shape index (κ1) is 33.4. The highest BCUT2D eigenvalue weighted by Gasteiger charge is 2.53. The van der Waals surface area contributed by atoms with Gasteiger partial charge in [0.05, 0.1) is 31.8 Å². The van der Waals surface area contributed by atoms with Crippen LogP contribution in [-0.4, -0.2) is 98.9 Å². The highest BCUT2D eigenvalue weighted by Crippen LogP contribution is 2.54. The van der Waals surface area contributed by atoms with Crippen molar-refractivity contribution in [3.8, 4) is 6.07 Å². The second-order valence-electron chi connectivity index (χ2n) is 15.4. The summed E-state index contributed by atoms with van der Waals surface area (Å²) in [5.74, 6) is 0.431. The third-order valence-corrected chi connectivity index (χ3v) is 12.5. The number of nitrogens with zero attached hydrogens (tertiary/aromatic N) is 5. The zero-order chi connectivity index (χ0) is 33.3. The van der Waals surface area contributed by atoms with Gasteiger partial charge < -0.3 is 14.5 Å². The lowest BCUT2D eigenvalue weighted by Crippen LogP contribution is -2.65. The number of ether oxygens (including phenoxy) is 1. The maximum absolute atomic E-state index is 16.2. The molecule has 9 heteroatoms. The van der Waals surface area contributed by atoms with E-state index in [2.05, 4.69) is 37.8 Å². The van der Waals surface area contributed by atoms with E-state index >= 15 is 4.39 Å². The van der Waals surface area contributed by atoms with Crippen LogP contribution in [0.25, 0.3) is 0 Å². The topological polar surface area (TPSA) is 63.1 Å². The lowest BCUT2D eigenvalue weighted by Gasteiger charge is -2.54. The molecule has 0 N–H and O–H groups in total. The third kappa shape index (κ3) is 6.73. The van der Waals surface area contributed by atoms with Crippen LogP contribution >= 0.6 is 0 Å². The zero-order valence-corrected chi connectivity index (χ0v) is 28.5. The lowest BCUT2D eigenvalue weighted by molar-refractivity contribution is -0.142. The van der Waals surface area contributed by atoms with E-state index in [0.717, 1.165) is 101 Å². The smallest absolute Gasteiger partial charge is 0.305 e. The summed E-state index contributed by atoms with van der Waals surface area (Å²) in [5.41, 5.74) is 2.27. The summed E-state index contributed by atoms with van der Waals surface area (Å²) in [7, 11) is 1.47. The Morgan fingerprint density at radius 2 is 1.71 bits per heavy atom. The van der Waals surface area contributed by atoms with Gasteiger partial charge in [-0.05, 0) is 137 Å². The van der Waals surface area contributed by atoms with Crippen molar-refractivity contribution < 1.29 is 18.3 Å². The van der Waals surface area contributed by atoms with Crippen LogP contribution < -0.4 is 4.90 Å². The number of anilines is 1. The molecule has 0 spiro atoms. The molecule has 1 saturated carbocycles. The molecule has 0 unspecified atom stereocenters. The van der Waals surface area contributed by atoms with Crippen molar-refractivity contribution in [2.24, 2.45) is 17.8 Å². The van der Waals surface area contributed by atoms with Crippen LogP contribution in [0.1, 0.15) is 68.1 Å². The predicted molar refractivity (Wildman–Crippen MR) is 183 cm³/mol. The van der Waals surface area contributed by atoms with Gasteiger partial charge in [0.25, 0.3) is 0 Å². The first-order chi connectivity index (χ1) is 23.3. The minimum absolute atomic E-state index is 0.157. The SMILES string of the molecule is COC(=O)C[C@H]1CCC[C@@H]1[C@](CN1CCC1)(c1cccc(F)c1)C1CCN(CC2(F)CN(c3ccc(C#N)c(CN4CCC4)c3)C2)CC1. The van der Waals surface area contributed by atoms with Gasteiger partial charge in [-0.2, -0.15) is 5.26 Å². The fraction of sp³-hybridized carbons (Fsp3) is 0.641. The molecule has 7 rings (SSSR count). The monoisotopic (exact) mass is 659 g/mol. The van der Waals surface area contributed by atoms with Gasteiger partial charge in [-0.1, -0.05) is 18.6 Å². The molecular weight excluding hydrogens is 608 g/mol. The summed E-state index contributed by atoms with van der Waals surface area (Å²) in [4.78, 5) is 21.9. The average Bonchev–Trinajstić information content (AvgIpc) is 3.50. The number of hydrogen-bond acceptors (Lipinski definition) is 7. The maximum Gasteiger partial charge on any atom is 0.305 e. The largest absolute Gasteiger partial charge is 0.469 e. The number of likely N-dealkylation sites (tertiary alicyclic amines) is 3. The molecule has 5 fully saturated rings. The second-order valence-corrected chi connectivity index (χ2v) is 15.4. The standard InChI is InChI=1S/C39H51F2N5O2/c1-48-37(47)21-29-6-2-9-36(29)39(28-44-16-5-17-44,33-7-3-8-34(40)22-33)32-12-18-45(19-13-32)25-38(41)26-46(27-38)35-11-10-30(23-42)31(20-35)24-43-14-4-15-43/h3,7-8,10-11,20,22,29,32,36H,2,4-6,9,12-19,21,24-28H2,1H3/t29-,36+,39+/m1/s1. The lowest BCUT2D eigenvalue weighted by atomic mass is 9.56. The van der Waals surface area contributed by atoms with E-state index in [-0.39, 0.29) is 29.0 Å². The molecule has 4 heterocycles. The minimum atomic E-state index is -1.27. The van der Waals surface area contributed by atoms with Crippen molar-refractivity contribution in [3.05, 3.63) is 65.0 Å². The number of rotatable bonds is 12. The van der Waals surface area contributed by atoms with E-state index in [1.807, 2.05) is 18.2 Å². The fourth-order valence-electron chi connectivity index (χ4n) is 9.76. The Kier molecular flexibility index (Phi) is 9.79. The quantitative estimate of drug-likeness (QED) is 0.269. The Hall–Kier alpha value is -3.06. The summed E-state index contributed by atoms with van der Waals surface area (Å²) in [5, 5.41) is 9.63. The number of halogens is 2. The van der Waals surface area contributed by atoms with E-state index in [4.69, 9.17) is 4.74 Å². The van der Waals surface area contributed by atoms with Crippen LogP contribution in [0.3, 0.4) is 0 Å². The number of piperidine rings is 1. The Morgan fingerprint density at radius 3 is 2.35 bits per heavy atom. The molecule has 4 aliphatic heterocycles. The number of methoxy groups -OCH3 is 1. The fourth-order valence-corrected chi connectivity index (χ4v) is 9.76. The van der Waals surface area contributed by atoms with E-state index < -0.39 is 5.67 Å². The maximum atomic E-state index is 16.2. The predicted octanol–water partition coefficient (Wildman–Crippen LogP) is 5.77. The van der Waals surface area contributed by atoms with E-state index in [1.165, 1.54) is 26.0 Å². The number of esters is 1. The number of hydrogen-bond donors (Lipinski definition) is 0. The summed E-state index contributed by atoms with van der Waals surface area (Å²) in [6.07, 6.45) is 7.77. The van der Waals surface area contributed by atoms with Crippen molar-refractivity contribution in [3.63, 3.8) is 0 Å². The van der Waals surface area contributed by atoms with Gasteiger partial charge in [0, 0.05) is 37.2 Å². The van der Waals surface area contributed by atoms with Crippen molar-refractivity contribution in [2.75, 3.05) is 77.5 Å². The molecule has 0 amide bonds. The van der Waals surface area contributed by atoms with Crippen LogP contribution in [0.4, 0.5) is 14.5 Å². The number of carbonyl (C=O) groups is 1. The van der Waals surface area contributed by atoms with Crippen molar-refractivity contribution in [1.82, 2.24) is 14.7 Å². The summed E-state index contributed by atoms with van der Waals surface area (Å²) >= 11 is 0. The summed E-state index contributed by atoms with van der Waals surface area (Å²) in [6.45, 7) is 8.70. The molecule has 0 radical (unpaired) electrons. The average molecular weight is 660 g/mol. The first-order valence-corrected chi connectivity index (χ1v) is 18.3. The molecule has 0 bridgehead atoms. The number of alkyl halides is 1. The highest BCUT2D eigenvalue weighted by molar-refractivity contribution is 5.69. The van der Waals surface area contributed by atoms with Crippen LogP contribution in [0, 0.1) is 34.9 Å². The molecule has 2 aromatic carbocycles. The van der Waals surface area contributed by atoms with E-state index in [1.54, 1.807) is 6.07 Å². The molecule has 4 saturated heterocycles. The van der Waals surface area contributed by atoms with Crippen molar-refractivity contribution >= 4 is 11.7 Å². The third-order valence-electron chi connectivity index (χ3n) is 12.5. The first-order valence-electron chi connectivity index (χ1n) is 18.3. The zero-order valence-electron chi connectivity index (χ0n) is 28.5. The number of nitriles is 1. The molecule has 48 heavy (non-hydrogen) atoms. The van der Waals surface area contributed by atoms with Gasteiger partial charge in [-0.3, -0.25) is 14.6 Å². The Morgan fingerprint density at radius 1 is 0.958 bits per heavy atom. The van der Waals surface area contributed by atoms with Gasteiger partial charge in [-0.25, -0.2) is 8.78 Å². The van der Waals surface area contributed by atoms with Gasteiger partial charge in [-0.15, -0.1) is 0 Å². The molecule has 258 valence electrons. The minimum Gasteiger partial charge on any atom is -0.469 e. The van der Waals surface area contributed by atoms with Gasteiger partial charge in [0.1, 0.15) is 5.82 Å². The highest BCUT2D eigenvalue weighted by atomic mass is 19.1. The summed E-state index contributed by atoms with van der Waals surface area (Å²) in [6, 6.07) is 15.5. The van der Waals surface area contributed by atoms with Gasteiger partial charge in [0.15, 0.2) is 5.67 Å². The van der Waals surface area contributed by atoms with Crippen LogP contribution in [-0.2, 0) is 21.5 Å². The normalized spacial score (nSPS) is 26.2. The van der Waals surface area contributed by atoms with Gasteiger partial charge >= 0.3 is 5.97 Å². The van der Waals surface area contributed by atoms with Crippen LogP contribution in [0.2, 0.25) is 0 Å². The molecule has 1 aliphatic carbocycles. The van der Waals surface area contributed by atoms with Gasteiger partial charge in [0.2, 0.25) is 0 Å². The molecule has 3 atom stereocenters. The Labute approximate surface area is 284 Å². The Bertz CT molecular complexity index is 1490. The second kappa shape index (κ2) is 14.0. The van der Waals surface area contributed by atoms with E-state index in [9.17, 15) is 14.4 Å². The number of carbonyl (C=O) groups excluding carboxylic acids is 1. The summed E-state index contributed by atoms with van der Waals surface area (Å²) < 4.78 is 36.3. The molecule has 5 aliphatic rings. The van der Waals surface area contributed by atoms with Crippen molar-refractivity contribution in [1.29, 1.82) is 5.26 Å². The van der Waals surface area contributed by atoms with Crippen LogP contribution in [0.15, 0.2) is 42.5 Å². The van der Waals surface area contributed by atoms with E-state index in [0.29, 0.717) is 37.5 Å². The Balaban J connectivity index is 1.05. The van der Waals surface area contributed by atoms with Crippen LogP contribution in [0.5, 0.6) is 0 Å². The van der Waals surface area contributed by atoms with Crippen molar-refractivity contribution in [2.45, 2.75) is 69.0 Å². The molecule has 2 aromatic rings. The molecule has 0 aromatic heterocycles. The number of benzene rings is 2. The molecular formula is C39H51F2N5O2.